The molecule has 0 aromatic heterocycles. The summed E-state index contributed by atoms with van der Waals surface area (Å²) in [7, 11) is 0.223. The third kappa shape index (κ3) is 9.16. The van der Waals surface area contributed by atoms with Gasteiger partial charge in [-0.3, -0.25) is 14.5 Å². The summed E-state index contributed by atoms with van der Waals surface area (Å²) in [5, 5.41) is 2.52. The lowest BCUT2D eigenvalue weighted by Gasteiger charge is -2.33. The molecule has 0 aliphatic carbocycles. The molecule has 3 rings (SSSR count). The van der Waals surface area contributed by atoms with Crippen molar-refractivity contribution in [2.24, 2.45) is 5.92 Å². The number of benzene rings is 2. The second-order valence-corrected chi connectivity index (χ2v) is 13.9. The molecule has 1 atom stereocenters. The number of likely N-dealkylation sites (tertiary alicyclic amines) is 1. The Balaban J connectivity index is 1.79. The van der Waals surface area contributed by atoms with Crippen molar-refractivity contribution in [1.29, 1.82) is 0 Å². The number of carbonyl (C=O) groups is 2. The summed E-state index contributed by atoms with van der Waals surface area (Å²) in [5.74, 6) is -1.16. The number of nitrogens with one attached hydrogen (secondary N) is 1. The summed E-state index contributed by atoms with van der Waals surface area (Å²) in [5.41, 5.74) is -1.29. The van der Waals surface area contributed by atoms with Crippen LogP contribution in [0.1, 0.15) is 59.7 Å². The smallest absolute Gasteiger partial charge is 0.348 e. The van der Waals surface area contributed by atoms with Gasteiger partial charge in [0.2, 0.25) is 0 Å². The first-order valence-electron chi connectivity index (χ1n) is 13.7. The number of rotatable bonds is 12. The van der Waals surface area contributed by atoms with Gasteiger partial charge in [0.25, 0.3) is 5.91 Å². The van der Waals surface area contributed by atoms with Crippen molar-refractivity contribution in [2.75, 3.05) is 39.5 Å². The van der Waals surface area contributed by atoms with Crippen molar-refractivity contribution in [3.05, 3.63) is 62.6 Å². The number of nitrogens with zero attached hydrogens (tertiary/aromatic N) is 2. The largest absolute Gasteiger partial charge is 0.416 e. The number of ketones is 1. The molecule has 42 heavy (non-hydrogen) atoms. The number of alkyl halides is 3. The fraction of sp³-hybridized carbons (Fsp3) is 0.517. The first-order valence-corrected chi connectivity index (χ1v) is 16.1. The quantitative estimate of drug-likeness (QED) is 0.310. The minimum absolute atomic E-state index is 0.0184. The van der Waals surface area contributed by atoms with Crippen LogP contribution in [0.2, 0.25) is 10.0 Å². The second kappa shape index (κ2) is 14.5. The van der Waals surface area contributed by atoms with Crippen LogP contribution in [0, 0.1) is 5.92 Å². The summed E-state index contributed by atoms with van der Waals surface area (Å²) >= 11 is 12.4. The fourth-order valence-corrected chi connectivity index (χ4v) is 6.65. The zero-order valence-electron chi connectivity index (χ0n) is 23.9. The molecule has 1 heterocycles. The number of carbonyl (C=O) groups excluding carboxylic acids is 2. The Bertz CT molecular complexity index is 1400. The van der Waals surface area contributed by atoms with Crippen LogP contribution in [0.5, 0.6) is 0 Å². The van der Waals surface area contributed by atoms with Crippen LogP contribution in [0.4, 0.5) is 13.2 Å². The highest BCUT2D eigenvalue weighted by Crippen LogP contribution is 2.37. The summed E-state index contributed by atoms with van der Waals surface area (Å²) in [6, 6.07) is 6.07. The molecule has 1 aliphatic rings. The number of hydrogen-bond donors (Lipinski definition) is 1. The van der Waals surface area contributed by atoms with Gasteiger partial charge in [0.05, 0.1) is 16.2 Å². The average molecular weight is 651 g/mol. The zero-order chi connectivity index (χ0) is 31.2. The molecule has 1 fully saturated rings. The first-order chi connectivity index (χ1) is 19.6. The number of hydrogen-bond acceptors (Lipinski definition) is 6. The number of piperidine rings is 1. The van der Waals surface area contributed by atoms with Crippen LogP contribution < -0.4 is 5.32 Å². The molecule has 13 heteroatoms. The standard InChI is InChI=1S/C29H36Cl2F3N3O4S/c1-4-42(40,41)27-10-9-22(30)13-21(27)16-35-28(39)20-14-24(29(32,33)34)23(25(31)15-20)18-37-12-5-7-19(17-37)26(38)8-6-11-36(2)3/h9-10,13-15,19H,4-8,11-12,16-18H2,1-3H3,(H,35,39)/t19-/m0/s1. The monoisotopic (exact) mass is 649 g/mol. The Morgan fingerprint density at radius 1 is 1.14 bits per heavy atom. The second-order valence-electron chi connectivity index (χ2n) is 10.8. The van der Waals surface area contributed by atoms with E-state index >= 15 is 0 Å². The molecule has 2 aromatic carbocycles. The first kappa shape index (κ1) is 34.3. The van der Waals surface area contributed by atoms with Gasteiger partial charge in [-0.1, -0.05) is 30.1 Å². The van der Waals surface area contributed by atoms with Gasteiger partial charge in [0.1, 0.15) is 5.78 Å². The molecule has 7 nitrogen and oxygen atoms in total. The van der Waals surface area contributed by atoms with E-state index in [-0.39, 0.29) is 62.2 Å². The van der Waals surface area contributed by atoms with E-state index in [1.54, 1.807) is 0 Å². The fourth-order valence-electron chi connectivity index (χ4n) is 5.06. The molecule has 1 amide bonds. The zero-order valence-corrected chi connectivity index (χ0v) is 26.2. The van der Waals surface area contributed by atoms with Crippen LogP contribution in [-0.4, -0.2) is 69.4 Å². The molecular weight excluding hydrogens is 614 g/mol. The minimum Gasteiger partial charge on any atom is -0.348 e. The normalized spacial score (nSPS) is 16.5. The lowest BCUT2D eigenvalue weighted by Crippen LogP contribution is -2.39. The highest BCUT2D eigenvalue weighted by Gasteiger charge is 2.36. The van der Waals surface area contributed by atoms with E-state index < -0.39 is 27.5 Å². The summed E-state index contributed by atoms with van der Waals surface area (Å²) < 4.78 is 67.5. The van der Waals surface area contributed by atoms with Crippen molar-refractivity contribution in [3.8, 4) is 0 Å². The van der Waals surface area contributed by atoms with Gasteiger partial charge in [-0.25, -0.2) is 8.42 Å². The lowest BCUT2D eigenvalue weighted by molar-refractivity contribution is -0.138. The topological polar surface area (TPSA) is 86.8 Å². The van der Waals surface area contributed by atoms with Crippen molar-refractivity contribution < 1.29 is 31.2 Å². The maximum absolute atomic E-state index is 14.2. The molecular formula is C29H36Cl2F3N3O4S. The molecule has 232 valence electrons. The number of amides is 1. The maximum Gasteiger partial charge on any atom is 0.416 e. The van der Waals surface area contributed by atoms with E-state index in [1.807, 2.05) is 23.9 Å². The van der Waals surface area contributed by atoms with Gasteiger partial charge in [-0.2, -0.15) is 13.2 Å². The van der Waals surface area contributed by atoms with Crippen LogP contribution >= 0.6 is 23.2 Å². The van der Waals surface area contributed by atoms with E-state index in [4.69, 9.17) is 23.2 Å². The third-order valence-corrected chi connectivity index (χ3v) is 9.71. The highest BCUT2D eigenvalue weighted by molar-refractivity contribution is 7.91. The Kier molecular flexibility index (Phi) is 11.9. The van der Waals surface area contributed by atoms with Gasteiger partial charge in [-0.05, 0) is 87.9 Å². The van der Waals surface area contributed by atoms with Crippen LogP contribution in [0.25, 0.3) is 0 Å². The van der Waals surface area contributed by atoms with Gasteiger partial charge in [-0.15, -0.1) is 0 Å². The number of halogens is 5. The Hall–Kier alpha value is -2.18. The Labute approximate surface area is 255 Å². The molecule has 1 aliphatic heterocycles. The lowest BCUT2D eigenvalue weighted by atomic mass is 9.91. The Morgan fingerprint density at radius 2 is 1.86 bits per heavy atom. The van der Waals surface area contributed by atoms with Crippen molar-refractivity contribution >= 4 is 44.7 Å². The van der Waals surface area contributed by atoms with Gasteiger partial charge in [0.15, 0.2) is 9.84 Å². The van der Waals surface area contributed by atoms with E-state index in [1.165, 1.54) is 31.2 Å². The van der Waals surface area contributed by atoms with Crippen LogP contribution in [0.3, 0.4) is 0 Å². The molecule has 0 spiro atoms. The molecule has 1 N–H and O–H groups in total. The SMILES string of the molecule is CCS(=O)(=O)c1ccc(Cl)cc1CNC(=O)c1cc(Cl)c(CN2CCC[C@H](C(=O)CCCN(C)C)C2)c(C(F)(F)F)c1. The summed E-state index contributed by atoms with van der Waals surface area (Å²) in [6.45, 7) is 2.75. The highest BCUT2D eigenvalue weighted by atomic mass is 35.5. The van der Waals surface area contributed by atoms with Crippen molar-refractivity contribution in [2.45, 2.75) is 56.8 Å². The molecule has 0 radical (unpaired) electrons. The molecule has 0 unspecified atom stereocenters. The molecule has 0 bridgehead atoms. The van der Waals surface area contributed by atoms with Crippen molar-refractivity contribution in [1.82, 2.24) is 15.1 Å². The van der Waals surface area contributed by atoms with E-state index in [9.17, 15) is 31.2 Å². The predicted molar refractivity (Wildman–Crippen MR) is 158 cm³/mol. The maximum atomic E-state index is 14.2. The minimum atomic E-state index is -4.79. The predicted octanol–water partition coefficient (Wildman–Crippen LogP) is 5.86. The van der Waals surface area contributed by atoms with Crippen molar-refractivity contribution in [3.63, 3.8) is 0 Å². The molecule has 1 saturated heterocycles. The molecule has 2 aromatic rings. The molecule has 0 saturated carbocycles. The third-order valence-electron chi connectivity index (χ3n) is 7.31. The van der Waals surface area contributed by atoms with Crippen LogP contribution in [0.15, 0.2) is 35.2 Å². The van der Waals surface area contributed by atoms with Gasteiger partial charge >= 0.3 is 6.18 Å². The van der Waals surface area contributed by atoms with E-state index in [0.717, 1.165) is 19.0 Å². The van der Waals surface area contributed by atoms with E-state index in [0.29, 0.717) is 32.4 Å². The van der Waals surface area contributed by atoms with Gasteiger partial charge < -0.3 is 10.2 Å². The number of Topliss-reactive ketones (excluding diaryl/α,β-unsaturated/α-hetero) is 1. The number of sulfone groups is 1. The van der Waals surface area contributed by atoms with Gasteiger partial charge in [0, 0.05) is 47.6 Å². The van der Waals surface area contributed by atoms with Crippen LogP contribution in [-0.2, 0) is 33.9 Å². The van der Waals surface area contributed by atoms with E-state index in [2.05, 4.69) is 5.32 Å². The summed E-state index contributed by atoms with van der Waals surface area (Å²) in [6.07, 6.45) is -2.26. The average Bonchev–Trinajstić information content (AvgIpc) is 2.91. The summed E-state index contributed by atoms with van der Waals surface area (Å²) in [4.78, 5) is 29.5. The Morgan fingerprint density at radius 3 is 2.50 bits per heavy atom.